The largest absolute Gasteiger partial charge is 0.143 e. The van der Waals surface area contributed by atoms with Gasteiger partial charge in [-0.15, -0.1) is 12.6 Å². The van der Waals surface area contributed by atoms with Gasteiger partial charge in [-0.25, -0.2) is 0 Å². The fraction of sp³-hybridized carbons (Fsp3) is 0.571. The highest BCUT2D eigenvalue weighted by atomic mass is 79.9. The first kappa shape index (κ1) is 35.3. The van der Waals surface area contributed by atoms with Crippen LogP contribution in [-0.2, 0) is 10.8 Å². The van der Waals surface area contributed by atoms with E-state index < -0.39 is 0 Å². The number of halogens is 1. The zero-order chi connectivity index (χ0) is 31.7. The number of benzene rings is 2. The third-order valence-corrected chi connectivity index (χ3v) is 11.3. The van der Waals surface area contributed by atoms with Crippen LogP contribution in [0.3, 0.4) is 0 Å². The third kappa shape index (κ3) is 7.07. The Bertz CT molecular complexity index is 1240. The van der Waals surface area contributed by atoms with Crippen LogP contribution < -0.4 is 0 Å². The summed E-state index contributed by atoms with van der Waals surface area (Å²) in [4.78, 5) is 1.05. The Morgan fingerprint density at radius 3 is 1.64 bits per heavy atom. The molecule has 2 heteroatoms. The van der Waals surface area contributed by atoms with Gasteiger partial charge in [0.2, 0.25) is 0 Å². The van der Waals surface area contributed by atoms with Crippen molar-refractivity contribution >= 4 is 28.6 Å². The van der Waals surface area contributed by atoms with Gasteiger partial charge in [-0.3, -0.25) is 0 Å². The van der Waals surface area contributed by atoms with Crippen LogP contribution in [0.1, 0.15) is 166 Å². The molecule has 240 valence electrons. The van der Waals surface area contributed by atoms with Gasteiger partial charge in [0.05, 0.1) is 5.41 Å². The van der Waals surface area contributed by atoms with Crippen molar-refractivity contribution in [3.63, 3.8) is 0 Å². The lowest BCUT2D eigenvalue weighted by atomic mass is 9.63. The van der Waals surface area contributed by atoms with E-state index in [2.05, 4.69) is 80.0 Å². The molecular formula is C42H59BrS. The molecular weight excluding hydrogens is 616 g/mol. The fourth-order valence-electron chi connectivity index (χ4n) is 8.11. The summed E-state index contributed by atoms with van der Waals surface area (Å²) in [6.07, 6.45) is 27.5. The van der Waals surface area contributed by atoms with Crippen LogP contribution in [0.25, 0.3) is 11.1 Å². The first-order valence-electron chi connectivity index (χ1n) is 18.0. The molecule has 0 saturated carbocycles. The van der Waals surface area contributed by atoms with Gasteiger partial charge in [-0.05, 0) is 103 Å². The summed E-state index contributed by atoms with van der Waals surface area (Å²) in [5.74, 6) is 0. The molecule has 0 fully saturated rings. The van der Waals surface area contributed by atoms with Gasteiger partial charge in [-0.1, -0.05) is 150 Å². The standard InChI is InChI=1S/C42H59BrS/c1-7-10-13-16-17-20-23-26-41(6)35-27-33(43)28-37-39(35)40-36(41)29-34(44)30-38(40)42(37,31(4)24-21-18-14-11-8-2)32(5)25-22-19-15-12-9-3/h23,26-30,44H,4-5,7-22,24-25H2,1-3,6H3/b26-23-. The molecule has 0 radical (unpaired) electrons. The summed E-state index contributed by atoms with van der Waals surface area (Å²) in [7, 11) is 0. The van der Waals surface area contributed by atoms with E-state index in [0.717, 1.165) is 24.2 Å². The van der Waals surface area contributed by atoms with Crippen LogP contribution in [0.4, 0.5) is 0 Å². The normalized spacial score (nSPS) is 17.5. The van der Waals surface area contributed by atoms with Gasteiger partial charge in [0.15, 0.2) is 0 Å². The van der Waals surface area contributed by atoms with Gasteiger partial charge in [-0.2, -0.15) is 0 Å². The topological polar surface area (TPSA) is 0 Å². The molecule has 2 aliphatic rings. The second-order valence-corrected chi connectivity index (χ2v) is 15.3. The Balaban J connectivity index is 1.78. The molecule has 0 N–H and O–H groups in total. The number of rotatable bonds is 21. The molecule has 2 aromatic rings. The van der Waals surface area contributed by atoms with E-state index in [-0.39, 0.29) is 10.8 Å². The van der Waals surface area contributed by atoms with Gasteiger partial charge in [0.25, 0.3) is 0 Å². The summed E-state index contributed by atoms with van der Waals surface area (Å²) in [5, 5.41) is 0. The summed E-state index contributed by atoms with van der Waals surface area (Å²) < 4.78 is 1.17. The minimum absolute atomic E-state index is 0.171. The van der Waals surface area contributed by atoms with Gasteiger partial charge in [0, 0.05) is 14.8 Å². The van der Waals surface area contributed by atoms with Crippen molar-refractivity contribution in [1.82, 2.24) is 0 Å². The minimum Gasteiger partial charge on any atom is -0.143 e. The molecule has 0 aliphatic heterocycles. The molecule has 0 aromatic heterocycles. The van der Waals surface area contributed by atoms with Crippen LogP contribution in [-0.4, -0.2) is 0 Å². The number of allylic oxidation sites excluding steroid dienone is 4. The van der Waals surface area contributed by atoms with E-state index in [0.29, 0.717) is 0 Å². The van der Waals surface area contributed by atoms with Crippen LogP contribution in [0.5, 0.6) is 0 Å². The highest BCUT2D eigenvalue weighted by Gasteiger charge is 2.54. The maximum atomic E-state index is 5.07. The second kappa shape index (κ2) is 16.4. The van der Waals surface area contributed by atoms with Gasteiger partial charge >= 0.3 is 0 Å². The van der Waals surface area contributed by atoms with Gasteiger partial charge in [0.1, 0.15) is 0 Å². The predicted octanol–water partition coefficient (Wildman–Crippen LogP) is 14.4. The monoisotopic (exact) mass is 674 g/mol. The highest BCUT2D eigenvalue weighted by Crippen LogP contribution is 2.66. The third-order valence-electron chi connectivity index (χ3n) is 10.6. The quantitative estimate of drug-likeness (QED) is 0.0760. The van der Waals surface area contributed by atoms with Crippen molar-refractivity contribution in [3.8, 4) is 11.1 Å². The van der Waals surface area contributed by atoms with Crippen LogP contribution >= 0.6 is 28.6 Å². The van der Waals surface area contributed by atoms with E-state index in [1.807, 2.05) is 0 Å². The zero-order valence-electron chi connectivity index (χ0n) is 28.4. The molecule has 2 aliphatic carbocycles. The molecule has 0 nitrogen and oxygen atoms in total. The van der Waals surface area contributed by atoms with Crippen molar-refractivity contribution in [2.75, 3.05) is 0 Å². The van der Waals surface area contributed by atoms with Crippen LogP contribution in [0.2, 0.25) is 0 Å². The summed E-state index contributed by atoms with van der Waals surface area (Å²) in [6, 6.07) is 9.52. The molecule has 0 heterocycles. The average Bonchev–Trinajstić information content (AvgIpc) is 3.42. The Morgan fingerprint density at radius 2 is 1.09 bits per heavy atom. The van der Waals surface area contributed by atoms with E-state index in [4.69, 9.17) is 25.8 Å². The number of thiol groups is 1. The predicted molar refractivity (Wildman–Crippen MR) is 202 cm³/mol. The Hall–Kier alpha value is -1.51. The first-order chi connectivity index (χ1) is 21.3. The molecule has 1 unspecified atom stereocenters. The SMILES string of the molecule is C=C(CCCCCCC)C1(C(=C)CCCCCCC)c2cc(S)cc3c2-c2c(cc(Br)cc21)C3(C)/C=C\CCCCCCC. The van der Waals surface area contributed by atoms with Crippen molar-refractivity contribution in [1.29, 1.82) is 0 Å². The molecule has 1 atom stereocenters. The number of unbranched alkanes of at least 4 members (excludes halogenated alkanes) is 13. The molecule has 0 amide bonds. The molecule has 0 bridgehead atoms. The van der Waals surface area contributed by atoms with Crippen LogP contribution in [0, 0.1) is 0 Å². The van der Waals surface area contributed by atoms with Crippen molar-refractivity contribution in [2.45, 2.75) is 159 Å². The van der Waals surface area contributed by atoms with Crippen molar-refractivity contribution in [3.05, 3.63) is 87.4 Å². The van der Waals surface area contributed by atoms with E-state index in [1.165, 1.54) is 145 Å². The lowest BCUT2D eigenvalue weighted by Crippen LogP contribution is -2.32. The first-order valence-corrected chi connectivity index (χ1v) is 19.3. The van der Waals surface area contributed by atoms with Crippen molar-refractivity contribution < 1.29 is 0 Å². The van der Waals surface area contributed by atoms with E-state index >= 15 is 0 Å². The lowest BCUT2D eigenvalue weighted by Gasteiger charge is -2.39. The van der Waals surface area contributed by atoms with Crippen molar-refractivity contribution in [2.24, 2.45) is 0 Å². The molecule has 2 aromatic carbocycles. The van der Waals surface area contributed by atoms with E-state index in [9.17, 15) is 0 Å². The molecule has 44 heavy (non-hydrogen) atoms. The lowest BCUT2D eigenvalue weighted by molar-refractivity contribution is 0.570. The van der Waals surface area contributed by atoms with E-state index in [1.54, 1.807) is 0 Å². The smallest absolute Gasteiger partial charge is 0.0629 e. The average molecular weight is 676 g/mol. The molecule has 0 saturated heterocycles. The highest BCUT2D eigenvalue weighted by molar-refractivity contribution is 9.10. The Kier molecular flexibility index (Phi) is 13.1. The Labute approximate surface area is 284 Å². The molecule has 4 rings (SSSR count). The summed E-state index contributed by atoms with van der Waals surface area (Å²) in [5.41, 5.74) is 10.6. The molecule has 0 spiro atoms. The maximum absolute atomic E-state index is 5.07. The maximum Gasteiger partial charge on any atom is 0.0629 e. The van der Waals surface area contributed by atoms with Crippen LogP contribution in [0.15, 0.2) is 70.1 Å². The number of hydrogen-bond donors (Lipinski definition) is 1. The second-order valence-electron chi connectivity index (χ2n) is 13.9. The summed E-state index contributed by atoms with van der Waals surface area (Å²) in [6.45, 7) is 19.2. The summed E-state index contributed by atoms with van der Waals surface area (Å²) >= 11 is 9.07. The zero-order valence-corrected chi connectivity index (χ0v) is 30.9. The Morgan fingerprint density at radius 1 is 0.659 bits per heavy atom. The fourth-order valence-corrected chi connectivity index (χ4v) is 8.82. The number of hydrogen-bond acceptors (Lipinski definition) is 1. The minimum atomic E-state index is -0.351. The van der Waals surface area contributed by atoms with Gasteiger partial charge < -0.3 is 0 Å².